The van der Waals surface area contributed by atoms with Gasteiger partial charge in [0.2, 0.25) is 11.8 Å². The van der Waals surface area contributed by atoms with Gasteiger partial charge in [-0.05, 0) is 32.0 Å². The van der Waals surface area contributed by atoms with Crippen molar-refractivity contribution >= 4 is 33.4 Å². The van der Waals surface area contributed by atoms with E-state index < -0.39 is 23.0 Å². The number of amides is 2. The van der Waals surface area contributed by atoms with E-state index in [-0.39, 0.29) is 11.8 Å². The van der Waals surface area contributed by atoms with Gasteiger partial charge in [0.05, 0.1) is 28.7 Å². The molecule has 1 aromatic rings. The molecular formula is C16H14BrNO3. The molecule has 1 aromatic carbocycles. The molecule has 4 rings (SSSR count). The second kappa shape index (κ2) is 3.84. The van der Waals surface area contributed by atoms with E-state index in [0.717, 1.165) is 4.47 Å². The van der Waals surface area contributed by atoms with Gasteiger partial charge in [0.15, 0.2) is 0 Å². The second-order valence-corrected chi connectivity index (χ2v) is 7.17. The molecule has 3 aliphatic heterocycles. The molecule has 0 saturated carbocycles. The fourth-order valence-corrected chi connectivity index (χ4v) is 4.29. The number of imide groups is 1. The van der Waals surface area contributed by atoms with E-state index in [1.807, 2.05) is 38.1 Å². The summed E-state index contributed by atoms with van der Waals surface area (Å²) in [6.07, 6.45) is 3.84. The van der Waals surface area contributed by atoms with Crippen molar-refractivity contribution in [3.05, 3.63) is 40.9 Å². The standard InChI is InChI=1S/C16H14BrNO3/c1-15-6-7-16(2,21-15)12-11(15)13(19)18(14(12)20)10-5-3-4-9(17)8-10/h3-8,11-12H,1-2H3/t11-,12+,15-,16-/m0/s1. The largest absolute Gasteiger partial charge is 0.359 e. The molecular weight excluding hydrogens is 334 g/mol. The van der Waals surface area contributed by atoms with Crippen LogP contribution in [0.5, 0.6) is 0 Å². The maximum atomic E-state index is 12.8. The van der Waals surface area contributed by atoms with Crippen molar-refractivity contribution in [2.45, 2.75) is 25.0 Å². The molecule has 3 aliphatic rings. The van der Waals surface area contributed by atoms with Gasteiger partial charge in [-0.3, -0.25) is 9.59 Å². The Morgan fingerprint density at radius 3 is 2.19 bits per heavy atom. The molecule has 0 N–H and O–H groups in total. The smallest absolute Gasteiger partial charge is 0.241 e. The number of hydrogen-bond acceptors (Lipinski definition) is 3. The first-order chi connectivity index (χ1) is 9.86. The molecule has 0 aromatic heterocycles. The lowest BCUT2D eigenvalue weighted by Gasteiger charge is -2.25. The first-order valence-corrected chi connectivity index (χ1v) is 7.69. The minimum atomic E-state index is -0.674. The number of ether oxygens (including phenoxy) is 1. The first kappa shape index (κ1) is 13.2. The molecule has 0 radical (unpaired) electrons. The predicted molar refractivity (Wildman–Crippen MR) is 80.7 cm³/mol. The van der Waals surface area contributed by atoms with Gasteiger partial charge in [-0.25, -0.2) is 4.90 Å². The van der Waals surface area contributed by atoms with Gasteiger partial charge in [0.1, 0.15) is 0 Å². The van der Waals surface area contributed by atoms with E-state index >= 15 is 0 Å². The summed E-state index contributed by atoms with van der Waals surface area (Å²) in [6.45, 7) is 3.77. The number of benzene rings is 1. The maximum absolute atomic E-state index is 12.8. The third kappa shape index (κ3) is 1.53. The normalized spacial score (nSPS) is 40.2. The third-order valence-corrected chi connectivity index (χ3v) is 5.29. The van der Waals surface area contributed by atoms with Crippen molar-refractivity contribution in [3.63, 3.8) is 0 Å². The van der Waals surface area contributed by atoms with Crippen LogP contribution in [0.15, 0.2) is 40.9 Å². The molecule has 4 nitrogen and oxygen atoms in total. The molecule has 21 heavy (non-hydrogen) atoms. The molecule has 2 bridgehead atoms. The van der Waals surface area contributed by atoms with Crippen LogP contribution >= 0.6 is 15.9 Å². The molecule has 4 atom stereocenters. The monoisotopic (exact) mass is 347 g/mol. The Balaban J connectivity index is 1.82. The predicted octanol–water partition coefficient (Wildman–Crippen LogP) is 2.67. The summed E-state index contributed by atoms with van der Waals surface area (Å²) >= 11 is 3.38. The highest BCUT2D eigenvalue weighted by Gasteiger charge is 2.70. The summed E-state index contributed by atoms with van der Waals surface area (Å²) in [5.74, 6) is -1.20. The lowest BCUT2D eigenvalue weighted by molar-refractivity contribution is -0.128. The summed E-state index contributed by atoms with van der Waals surface area (Å²) in [6, 6.07) is 7.26. The average molecular weight is 348 g/mol. The zero-order valence-electron chi connectivity index (χ0n) is 11.7. The van der Waals surface area contributed by atoms with Crippen LogP contribution in [0.2, 0.25) is 0 Å². The van der Waals surface area contributed by atoms with Crippen LogP contribution in [-0.4, -0.2) is 23.0 Å². The topological polar surface area (TPSA) is 46.6 Å². The Morgan fingerprint density at radius 2 is 1.67 bits per heavy atom. The Labute approximate surface area is 130 Å². The molecule has 5 heteroatoms. The molecule has 0 unspecified atom stereocenters. The zero-order valence-corrected chi connectivity index (χ0v) is 13.3. The molecule has 0 spiro atoms. The van der Waals surface area contributed by atoms with Gasteiger partial charge in [-0.1, -0.05) is 34.1 Å². The van der Waals surface area contributed by atoms with Gasteiger partial charge in [-0.2, -0.15) is 0 Å². The average Bonchev–Trinajstić information content (AvgIpc) is 2.95. The number of hydrogen-bond donors (Lipinski definition) is 0. The number of carbonyl (C=O) groups excluding carboxylic acids is 2. The number of anilines is 1. The quantitative estimate of drug-likeness (QED) is 0.579. The Hall–Kier alpha value is -1.46. The Morgan fingerprint density at radius 1 is 1.10 bits per heavy atom. The maximum Gasteiger partial charge on any atom is 0.241 e. The number of carbonyl (C=O) groups is 2. The minimum absolute atomic E-state index is 0.168. The van der Waals surface area contributed by atoms with Crippen molar-refractivity contribution in [1.82, 2.24) is 0 Å². The van der Waals surface area contributed by atoms with E-state index in [9.17, 15) is 9.59 Å². The molecule has 108 valence electrons. The molecule has 0 aliphatic carbocycles. The summed E-state index contributed by atoms with van der Waals surface area (Å²) < 4.78 is 6.81. The lowest BCUT2D eigenvalue weighted by atomic mass is 9.73. The summed E-state index contributed by atoms with van der Waals surface area (Å²) in [4.78, 5) is 27.0. The van der Waals surface area contributed by atoms with Gasteiger partial charge < -0.3 is 4.74 Å². The fourth-order valence-electron chi connectivity index (χ4n) is 3.90. The van der Waals surface area contributed by atoms with Crippen LogP contribution in [0.4, 0.5) is 5.69 Å². The number of rotatable bonds is 1. The van der Waals surface area contributed by atoms with Crippen LogP contribution in [-0.2, 0) is 14.3 Å². The fraction of sp³-hybridized carbons (Fsp3) is 0.375. The summed E-state index contributed by atoms with van der Waals surface area (Å²) in [7, 11) is 0. The van der Waals surface area contributed by atoms with E-state index in [1.54, 1.807) is 12.1 Å². The number of nitrogens with zero attached hydrogens (tertiary/aromatic N) is 1. The van der Waals surface area contributed by atoms with Crippen molar-refractivity contribution in [2.24, 2.45) is 11.8 Å². The van der Waals surface area contributed by atoms with Gasteiger partial charge in [-0.15, -0.1) is 0 Å². The van der Waals surface area contributed by atoms with E-state index in [1.165, 1.54) is 4.90 Å². The van der Waals surface area contributed by atoms with Crippen molar-refractivity contribution in [1.29, 1.82) is 0 Å². The van der Waals surface area contributed by atoms with Crippen LogP contribution < -0.4 is 4.90 Å². The molecule has 2 fully saturated rings. The van der Waals surface area contributed by atoms with Crippen LogP contribution in [0, 0.1) is 11.8 Å². The summed E-state index contributed by atoms with van der Waals surface area (Å²) in [5, 5.41) is 0. The minimum Gasteiger partial charge on any atom is -0.359 e. The molecule has 2 saturated heterocycles. The highest BCUT2D eigenvalue weighted by atomic mass is 79.9. The first-order valence-electron chi connectivity index (χ1n) is 6.90. The number of halogens is 1. The lowest BCUT2D eigenvalue weighted by Crippen LogP contribution is -2.39. The highest BCUT2D eigenvalue weighted by Crippen LogP contribution is 2.57. The zero-order chi connectivity index (χ0) is 15.0. The van der Waals surface area contributed by atoms with Crippen molar-refractivity contribution in [3.8, 4) is 0 Å². The van der Waals surface area contributed by atoms with Crippen LogP contribution in [0.25, 0.3) is 0 Å². The van der Waals surface area contributed by atoms with E-state index in [0.29, 0.717) is 5.69 Å². The Bertz CT molecular complexity index is 679. The van der Waals surface area contributed by atoms with Gasteiger partial charge in [0.25, 0.3) is 0 Å². The van der Waals surface area contributed by atoms with E-state index in [4.69, 9.17) is 4.74 Å². The highest BCUT2D eigenvalue weighted by molar-refractivity contribution is 9.10. The Kier molecular flexibility index (Phi) is 2.42. The van der Waals surface area contributed by atoms with Crippen molar-refractivity contribution < 1.29 is 14.3 Å². The summed E-state index contributed by atoms with van der Waals surface area (Å²) in [5.41, 5.74) is -0.736. The SMILES string of the molecule is C[C@@]12C=C[C@](C)(O1)[C@H]1C(=O)N(c3cccc(Br)c3)C(=O)[C@H]12. The molecule has 2 amide bonds. The third-order valence-electron chi connectivity index (χ3n) is 4.79. The van der Waals surface area contributed by atoms with Crippen LogP contribution in [0.1, 0.15) is 13.8 Å². The van der Waals surface area contributed by atoms with E-state index in [2.05, 4.69) is 15.9 Å². The van der Waals surface area contributed by atoms with Gasteiger partial charge >= 0.3 is 0 Å². The number of fused-ring (bicyclic) bond motifs is 5. The molecule has 3 heterocycles. The van der Waals surface area contributed by atoms with Gasteiger partial charge in [0, 0.05) is 4.47 Å². The van der Waals surface area contributed by atoms with Crippen molar-refractivity contribution in [2.75, 3.05) is 4.90 Å². The second-order valence-electron chi connectivity index (χ2n) is 6.25. The van der Waals surface area contributed by atoms with Crippen LogP contribution in [0.3, 0.4) is 0 Å².